The van der Waals surface area contributed by atoms with E-state index in [9.17, 15) is 5.11 Å². The zero-order chi connectivity index (χ0) is 25.2. The highest BCUT2D eigenvalue weighted by molar-refractivity contribution is 5.93. The Kier molecular flexibility index (Phi) is 6.71. The van der Waals surface area contributed by atoms with Crippen LogP contribution in [0.2, 0.25) is 0 Å². The van der Waals surface area contributed by atoms with Gasteiger partial charge in [-0.25, -0.2) is 0 Å². The summed E-state index contributed by atoms with van der Waals surface area (Å²) in [7, 11) is 3.28. The van der Waals surface area contributed by atoms with E-state index >= 15 is 0 Å². The molecule has 0 bridgehead atoms. The fourth-order valence-electron chi connectivity index (χ4n) is 4.90. The second-order valence-electron chi connectivity index (χ2n) is 9.45. The summed E-state index contributed by atoms with van der Waals surface area (Å²) >= 11 is 0. The molecular weight excluding hydrogens is 454 g/mol. The zero-order valence-corrected chi connectivity index (χ0v) is 21.1. The van der Waals surface area contributed by atoms with E-state index in [-0.39, 0.29) is 0 Å². The molecule has 8 heteroatoms. The van der Waals surface area contributed by atoms with E-state index < -0.39 is 6.23 Å². The Morgan fingerprint density at radius 3 is 2.22 bits per heavy atom. The normalized spacial score (nSPS) is 18.8. The topological polar surface area (TPSA) is 94.7 Å². The smallest absolute Gasteiger partial charge is 0.157 e. The Labute approximate surface area is 211 Å². The first-order valence-corrected chi connectivity index (χ1v) is 12.2. The fourth-order valence-corrected chi connectivity index (χ4v) is 4.90. The number of hydrogen-bond donors (Lipinski definition) is 4. The lowest BCUT2D eigenvalue weighted by Crippen LogP contribution is -2.54. The third-order valence-corrected chi connectivity index (χ3v) is 6.65. The van der Waals surface area contributed by atoms with Gasteiger partial charge in [0.25, 0.3) is 0 Å². The lowest BCUT2D eigenvalue weighted by atomic mass is 10.0. The van der Waals surface area contributed by atoms with Crippen LogP contribution in [-0.4, -0.2) is 54.7 Å². The minimum Gasteiger partial charge on any atom is -0.497 e. The van der Waals surface area contributed by atoms with E-state index in [1.165, 1.54) is 0 Å². The third-order valence-electron chi connectivity index (χ3n) is 6.65. The quantitative estimate of drug-likeness (QED) is 0.284. The fraction of sp³-hybridized carbons (Fsp3) is 0.321. The Bertz CT molecular complexity index is 1300. The van der Waals surface area contributed by atoms with Crippen LogP contribution in [0.1, 0.15) is 25.6 Å². The average molecular weight is 488 g/mol. The number of ether oxygens (including phenoxy) is 2. The average Bonchev–Trinajstić information content (AvgIpc) is 3.29. The maximum Gasteiger partial charge on any atom is 0.157 e. The van der Waals surface area contributed by atoms with Gasteiger partial charge in [-0.2, -0.15) is 5.10 Å². The van der Waals surface area contributed by atoms with Gasteiger partial charge in [0.1, 0.15) is 11.5 Å². The van der Waals surface area contributed by atoms with Crippen LogP contribution in [-0.2, 0) is 0 Å². The van der Waals surface area contributed by atoms with Crippen molar-refractivity contribution in [1.29, 1.82) is 0 Å². The lowest BCUT2D eigenvalue weighted by molar-refractivity contribution is 0.208. The number of hydrogen-bond acceptors (Lipinski definition) is 7. The van der Waals surface area contributed by atoms with Crippen LogP contribution in [0.3, 0.4) is 0 Å². The number of methoxy groups -OCH3 is 2. The van der Waals surface area contributed by atoms with Crippen LogP contribution in [0.5, 0.6) is 11.5 Å². The number of aromatic amines is 1. The van der Waals surface area contributed by atoms with Gasteiger partial charge in [0.15, 0.2) is 12.0 Å². The molecule has 5 rings (SSSR count). The zero-order valence-electron chi connectivity index (χ0n) is 21.1. The molecule has 1 aliphatic heterocycles. The van der Waals surface area contributed by atoms with Crippen LogP contribution in [0.25, 0.3) is 22.0 Å². The second-order valence-corrected chi connectivity index (χ2v) is 9.45. The Hall–Kier alpha value is -3.75. The molecular formula is C28H33N5O3. The van der Waals surface area contributed by atoms with Crippen molar-refractivity contribution >= 4 is 22.4 Å². The molecule has 8 nitrogen and oxygen atoms in total. The Morgan fingerprint density at radius 2 is 1.58 bits per heavy atom. The van der Waals surface area contributed by atoms with E-state index in [0.29, 0.717) is 17.9 Å². The predicted octanol–water partition coefficient (Wildman–Crippen LogP) is 4.54. The highest BCUT2D eigenvalue weighted by Gasteiger charge is 2.21. The molecule has 188 valence electrons. The van der Waals surface area contributed by atoms with E-state index in [4.69, 9.17) is 9.47 Å². The van der Waals surface area contributed by atoms with Gasteiger partial charge in [0.2, 0.25) is 0 Å². The number of nitrogens with one attached hydrogen (secondary N) is 3. The summed E-state index contributed by atoms with van der Waals surface area (Å²) in [4.78, 5) is 2.38. The molecule has 36 heavy (non-hydrogen) atoms. The summed E-state index contributed by atoms with van der Waals surface area (Å²) in [5.74, 6) is 2.05. The summed E-state index contributed by atoms with van der Waals surface area (Å²) in [5, 5.41) is 25.9. The van der Waals surface area contributed by atoms with E-state index in [0.717, 1.165) is 57.9 Å². The summed E-state index contributed by atoms with van der Waals surface area (Å²) in [5.41, 5.74) is 4.79. The molecule has 3 aromatic carbocycles. The minimum atomic E-state index is -0.881. The van der Waals surface area contributed by atoms with Crippen molar-refractivity contribution in [3.8, 4) is 22.6 Å². The number of nitrogens with zero attached hydrogens (tertiary/aromatic N) is 2. The molecule has 0 spiro atoms. The van der Waals surface area contributed by atoms with Crippen LogP contribution in [0.15, 0.2) is 60.7 Å². The second kappa shape index (κ2) is 10.1. The predicted molar refractivity (Wildman–Crippen MR) is 144 cm³/mol. The van der Waals surface area contributed by atoms with Gasteiger partial charge < -0.3 is 30.1 Å². The molecule has 3 atom stereocenters. The van der Waals surface area contributed by atoms with Crippen LogP contribution in [0, 0.1) is 0 Å². The minimum absolute atomic E-state index is 0.445. The van der Waals surface area contributed by atoms with E-state index in [1.54, 1.807) is 14.2 Å². The number of H-pyrrole nitrogens is 1. The van der Waals surface area contributed by atoms with Gasteiger partial charge >= 0.3 is 0 Å². The number of aromatic nitrogens is 2. The summed E-state index contributed by atoms with van der Waals surface area (Å²) in [6.45, 7) is 6.34. The van der Waals surface area contributed by atoms with E-state index in [1.807, 2.05) is 48.5 Å². The van der Waals surface area contributed by atoms with Crippen LogP contribution < -0.4 is 25.0 Å². The number of fused-ring (bicyclic) bond motifs is 1. The maximum atomic E-state index is 10.9. The molecule has 0 saturated carbocycles. The van der Waals surface area contributed by atoms with E-state index in [2.05, 4.69) is 51.7 Å². The number of aliphatic hydroxyl groups excluding tert-OH is 1. The summed E-state index contributed by atoms with van der Waals surface area (Å²) < 4.78 is 10.8. The van der Waals surface area contributed by atoms with Crippen molar-refractivity contribution in [2.24, 2.45) is 0 Å². The standard InChI is InChI=1S/C28H33N5O3/c1-17-15-33(16-18(2)29-17)22-8-5-19(6-9-22)28(34)30-27-25-10-7-20(13-26(25)31-32-27)21-11-23(35-3)14-24(12-21)36-4/h5-14,17-18,28-29,34H,15-16H2,1-4H3,(H2,30,31,32)/t17-,18+,28?. The first-order chi connectivity index (χ1) is 17.4. The Balaban J connectivity index is 1.32. The summed E-state index contributed by atoms with van der Waals surface area (Å²) in [6.07, 6.45) is -0.881. The molecule has 1 aliphatic rings. The van der Waals surface area contributed by atoms with Gasteiger partial charge in [-0.1, -0.05) is 18.2 Å². The SMILES string of the molecule is COc1cc(OC)cc(-c2ccc3c(NC(O)c4ccc(N5C[C@@H](C)N[C@@H](C)C5)cc4)n[nH]c3c2)c1. The summed E-state index contributed by atoms with van der Waals surface area (Å²) in [6, 6.07) is 20.8. The molecule has 1 fully saturated rings. The molecule has 1 unspecified atom stereocenters. The van der Waals surface area contributed by atoms with Crippen LogP contribution in [0.4, 0.5) is 11.5 Å². The number of piperazine rings is 1. The molecule has 0 amide bonds. The van der Waals surface area contributed by atoms with Gasteiger partial charge in [0, 0.05) is 47.9 Å². The van der Waals surface area contributed by atoms with Crippen molar-refractivity contribution in [3.63, 3.8) is 0 Å². The van der Waals surface area contributed by atoms with Gasteiger partial charge in [0.05, 0.1) is 19.7 Å². The Morgan fingerprint density at radius 1 is 0.917 bits per heavy atom. The lowest BCUT2D eigenvalue weighted by Gasteiger charge is -2.37. The first-order valence-electron chi connectivity index (χ1n) is 12.2. The number of aliphatic hydroxyl groups is 1. The van der Waals surface area contributed by atoms with Crippen molar-refractivity contribution in [2.45, 2.75) is 32.2 Å². The molecule has 0 radical (unpaired) electrons. The van der Waals surface area contributed by atoms with Crippen molar-refractivity contribution in [2.75, 3.05) is 37.5 Å². The highest BCUT2D eigenvalue weighted by Crippen LogP contribution is 2.33. The monoisotopic (exact) mass is 487 g/mol. The number of anilines is 2. The molecule has 2 heterocycles. The van der Waals surface area contributed by atoms with Crippen LogP contribution >= 0.6 is 0 Å². The maximum absolute atomic E-state index is 10.9. The number of benzene rings is 3. The molecule has 4 aromatic rings. The molecule has 1 aromatic heterocycles. The molecule has 0 aliphatic carbocycles. The largest absolute Gasteiger partial charge is 0.497 e. The van der Waals surface area contributed by atoms with Crippen molar-refractivity contribution < 1.29 is 14.6 Å². The van der Waals surface area contributed by atoms with Gasteiger partial charge in [-0.3, -0.25) is 5.10 Å². The molecule has 4 N–H and O–H groups in total. The van der Waals surface area contributed by atoms with Gasteiger partial charge in [-0.05, 0) is 61.4 Å². The third kappa shape index (κ3) is 4.96. The first kappa shape index (κ1) is 24.0. The van der Waals surface area contributed by atoms with Gasteiger partial charge in [-0.15, -0.1) is 0 Å². The highest BCUT2D eigenvalue weighted by atomic mass is 16.5. The molecule has 1 saturated heterocycles. The number of rotatable bonds is 7. The van der Waals surface area contributed by atoms with Crippen molar-refractivity contribution in [3.05, 3.63) is 66.2 Å². The van der Waals surface area contributed by atoms with Crippen molar-refractivity contribution in [1.82, 2.24) is 15.5 Å².